The van der Waals surface area contributed by atoms with Gasteiger partial charge in [0.1, 0.15) is 5.75 Å². The van der Waals surface area contributed by atoms with Gasteiger partial charge < -0.3 is 14.5 Å². The van der Waals surface area contributed by atoms with Crippen LogP contribution in [0.4, 0.5) is 5.69 Å². The molecule has 0 saturated carbocycles. The molecule has 2 aliphatic heterocycles. The summed E-state index contributed by atoms with van der Waals surface area (Å²) < 4.78 is 7.82. The number of hydrogen-bond donors (Lipinski definition) is 0. The van der Waals surface area contributed by atoms with Gasteiger partial charge in [-0.3, -0.25) is 14.4 Å². The number of carbonyl (C=O) groups is 1. The van der Waals surface area contributed by atoms with E-state index in [1.807, 2.05) is 41.4 Å². The van der Waals surface area contributed by atoms with E-state index in [0.29, 0.717) is 18.3 Å². The average molecular weight is 470 g/mol. The van der Waals surface area contributed by atoms with Crippen molar-refractivity contribution in [1.29, 1.82) is 0 Å². The summed E-state index contributed by atoms with van der Waals surface area (Å²) in [5, 5.41) is 4.70. The molecule has 1 amide bonds. The van der Waals surface area contributed by atoms with Gasteiger partial charge in [-0.25, -0.2) is 0 Å². The Morgan fingerprint density at radius 3 is 2.64 bits per heavy atom. The van der Waals surface area contributed by atoms with Crippen molar-refractivity contribution >= 4 is 23.4 Å². The van der Waals surface area contributed by atoms with Gasteiger partial charge in [-0.1, -0.05) is 12.1 Å². The largest absolute Gasteiger partial charge is 0.492 e. The quantitative estimate of drug-likeness (QED) is 0.671. The fraction of sp³-hybridized carbons (Fsp3) is 0.600. The van der Waals surface area contributed by atoms with Crippen LogP contribution in [-0.4, -0.2) is 88.9 Å². The highest BCUT2D eigenvalue weighted by Crippen LogP contribution is 2.32. The third-order valence-electron chi connectivity index (χ3n) is 7.27. The van der Waals surface area contributed by atoms with E-state index in [1.165, 1.54) is 16.9 Å². The normalized spacial score (nSPS) is 21.7. The van der Waals surface area contributed by atoms with Crippen LogP contribution < -0.4 is 9.64 Å². The van der Waals surface area contributed by atoms with Gasteiger partial charge in [0.05, 0.1) is 12.3 Å². The number of benzene rings is 1. The van der Waals surface area contributed by atoms with Gasteiger partial charge in [0.2, 0.25) is 0 Å². The van der Waals surface area contributed by atoms with Gasteiger partial charge in [0.25, 0.3) is 5.91 Å². The lowest BCUT2D eigenvalue weighted by Gasteiger charge is -2.42. The Morgan fingerprint density at radius 1 is 1.12 bits per heavy atom. The van der Waals surface area contributed by atoms with Gasteiger partial charge in [-0.15, -0.1) is 0 Å². The van der Waals surface area contributed by atoms with Gasteiger partial charge in [0, 0.05) is 75.1 Å². The molecule has 2 fully saturated rings. The topological polar surface area (TPSA) is 53.8 Å². The second kappa shape index (κ2) is 9.97. The number of amides is 1. The average Bonchev–Trinajstić information content (AvgIpc) is 3.20. The smallest absolute Gasteiger partial charge is 0.274 e. The van der Waals surface area contributed by atoms with Crippen LogP contribution in [0.3, 0.4) is 0 Å². The molecule has 0 radical (unpaired) electrons. The molecule has 1 aliphatic carbocycles. The van der Waals surface area contributed by atoms with E-state index < -0.39 is 0 Å². The molecule has 0 N–H and O–H groups in total. The third-order valence-corrected chi connectivity index (χ3v) is 8.21. The number of aryl methyl sites for hydroxylation is 1. The lowest BCUT2D eigenvalue weighted by molar-refractivity contribution is 0.0763. The van der Waals surface area contributed by atoms with Crippen LogP contribution in [0, 0.1) is 0 Å². The summed E-state index contributed by atoms with van der Waals surface area (Å²) in [4.78, 5) is 20.3. The molecule has 7 nitrogen and oxygen atoms in total. The minimum absolute atomic E-state index is 0.130. The Morgan fingerprint density at radius 2 is 1.88 bits per heavy atom. The number of anilines is 1. The maximum atomic E-state index is 13.3. The lowest BCUT2D eigenvalue weighted by atomic mass is 9.89. The number of piperazine rings is 1. The van der Waals surface area contributed by atoms with Gasteiger partial charge in [-0.05, 0) is 38.3 Å². The summed E-state index contributed by atoms with van der Waals surface area (Å²) in [6.07, 6.45) is 3.07. The molecule has 33 heavy (non-hydrogen) atoms. The minimum Gasteiger partial charge on any atom is -0.492 e. The zero-order chi connectivity index (χ0) is 22.8. The molecular formula is C25H35N5O2S. The van der Waals surface area contributed by atoms with E-state index in [4.69, 9.17) is 9.84 Å². The molecule has 1 atom stereocenters. The molecule has 0 spiro atoms. The van der Waals surface area contributed by atoms with E-state index in [9.17, 15) is 4.79 Å². The highest BCUT2D eigenvalue weighted by Gasteiger charge is 2.34. The van der Waals surface area contributed by atoms with Gasteiger partial charge >= 0.3 is 0 Å². The number of rotatable bonds is 5. The fourth-order valence-electron chi connectivity index (χ4n) is 5.49. The summed E-state index contributed by atoms with van der Waals surface area (Å²) in [5.74, 6) is 3.16. The van der Waals surface area contributed by atoms with Crippen molar-refractivity contribution in [2.75, 3.05) is 62.3 Å². The molecule has 178 valence electrons. The first-order valence-electron chi connectivity index (χ1n) is 12.3. The Balaban J connectivity index is 1.26. The predicted molar refractivity (Wildman–Crippen MR) is 134 cm³/mol. The van der Waals surface area contributed by atoms with Crippen LogP contribution in [-0.2, 0) is 19.9 Å². The molecule has 3 heterocycles. The zero-order valence-corrected chi connectivity index (χ0v) is 20.6. The standard InChI is InChI=1S/C25H35N5O2S/c1-3-32-23-7-5-4-6-22(23)29-12-10-28(11-13-29)19-8-9-21-20(18-19)24(26-27(21)2)25(31)30-14-16-33-17-15-30/h4-7,19H,3,8-18H2,1-2H3. The number of para-hydroxylation sites is 2. The first-order chi connectivity index (χ1) is 16.2. The van der Waals surface area contributed by atoms with Gasteiger partial charge in [-0.2, -0.15) is 16.9 Å². The van der Waals surface area contributed by atoms with Crippen LogP contribution in [0.5, 0.6) is 5.75 Å². The maximum absolute atomic E-state index is 13.3. The van der Waals surface area contributed by atoms with Crippen LogP contribution in [0.15, 0.2) is 24.3 Å². The van der Waals surface area contributed by atoms with Crippen LogP contribution in [0.1, 0.15) is 35.1 Å². The monoisotopic (exact) mass is 469 g/mol. The molecule has 1 aromatic heterocycles. The van der Waals surface area contributed by atoms with Crippen LogP contribution >= 0.6 is 11.8 Å². The number of carbonyl (C=O) groups excluding carboxylic acids is 1. The highest BCUT2D eigenvalue weighted by molar-refractivity contribution is 7.99. The van der Waals surface area contributed by atoms with Crippen LogP contribution in [0.2, 0.25) is 0 Å². The van der Waals surface area contributed by atoms with Crippen molar-refractivity contribution in [1.82, 2.24) is 19.6 Å². The molecule has 3 aliphatic rings. The zero-order valence-electron chi connectivity index (χ0n) is 19.8. The van der Waals surface area contributed by atoms with Crippen LogP contribution in [0.25, 0.3) is 0 Å². The van der Waals surface area contributed by atoms with Crippen molar-refractivity contribution in [3.63, 3.8) is 0 Å². The molecular weight excluding hydrogens is 434 g/mol. The lowest BCUT2D eigenvalue weighted by Crippen LogP contribution is -2.52. The third kappa shape index (κ3) is 4.60. The Labute approximate surface area is 201 Å². The molecule has 1 aromatic carbocycles. The summed E-state index contributed by atoms with van der Waals surface area (Å²) in [6.45, 7) is 8.46. The van der Waals surface area contributed by atoms with E-state index in [-0.39, 0.29) is 5.91 Å². The summed E-state index contributed by atoms with van der Waals surface area (Å²) >= 11 is 1.93. The number of thioether (sulfide) groups is 1. The highest BCUT2D eigenvalue weighted by atomic mass is 32.2. The predicted octanol–water partition coefficient (Wildman–Crippen LogP) is 2.69. The summed E-state index contributed by atoms with van der Waals surface area (Å²) in [7, 11) is 2.00. The van der Waals surface area contributed by atoms with Gasteiger partial charge in [0.15, 0.2) is 5.69 Å². The van der Waals surface area contributed by atoms with E-state index in [2.05, 4.69) is 28.0 Å². The maximum Gasteiger partial charge on any atom is 0.274 e. The molecule has 1 unspecified atom stereocenters. The molecule has 2 aromatic rings. The fourth-order valence-corrected chi connectivity index (χ4v) is 6.40. The summed E-state index contributed by atoms with van der Waals surface area (Å²) in [5.41, 5.74) is 4.35. The van der Waals surface area contributed by atoms with Crippen molar-refractivity contribution in [2.24, 2.45) is 7.05 Å². The second-order valence-corrected chi connectivity index (χ2v) is 10.3. The summed E-state index contributed by atoms with van der Waals surface area (Å²) in [6, 6.07) is 8.85. The number of nitrogens with zero attached hydrogens (tertiary/aromatic N) is 5. The first kappa shape index (κ1) is 22.6. The van der Waals surface area contributed by atoms with Crippen molar-refractivity contribution in [3.05, 3.63) is 41.2 Å². The number of aromatic nitrogens is 2. The second-order valence-electron chi connectivity index (χ2n) is 9.12. The molecule has 2 saturated heterocycles. The minimum atomic E-state index is 0.130. The Hall–Kier alpha value is -2.19. The molecule has 0 bridgehead atoms. The first-order valence-corrected chi connectivity index (χ1v) is 13.4. The Bertz CT molecular complexity index is 979. The van der Waals surface area contributed by atoms with E-state index in [0.717, 1.165) is 75.8 Å². The van der Waals surface area contributed by atoms with E-state index >= 15 is 0 Å². The van der Waals surface area contributed by atoms with Crippen molar-refractivity contribution in [3.8, 4) is 5.75 Å². The Kier molecular flexibility index (Phi) is 6.83. The van der Waals surface area contributed by atoms with Crippen molar-refractivity contribution < 1.29 is 9.53 Å². The molecule has 8 heteroatoms. The van der Waals surface area contributed by atoms with E-state index in [1.54, 1.807) is 0 Å². The SMILES string of the molecule is CCOc1ccccc1N1CCN(C2CCc3c(c(C(=O)N4CCSCC4)nn3C)C2)CC1. The number of ether oxygens (including phenoxy) is 1. The van der Waals surface area contributed by atoms with Crippen molar-refractivity contribution in [2.45, 2.75) is 32.2 Å². The number of fused-ring (bicyclic) bond motifs is 1. The number of hydrogen-bond acceptors (Lipinski definition) is 6. The molecule has 5 rings (SSSR count).